The van der Waals surface area contributed by atoms with E-state index in [2.05, 4.69) is 4.98 Å². The van der Waals surface area contributed by atoms with Crippen LogP contribution in [0.5, 0.6) is 0 Å². The molecule has 2 aromatic rings. The molecule has 2 rings (SSSR count). The monoisotopic (exact) mass is 269 g/mol. The molecule has 0 aliphatic carbocycles. The predicted molar refractivity (Wildman–Crippen MR) is 73.4 cm³/mol. The summed E-state index contributed by atoms with van der Waals surface area (Å²) in [6.45, 7) is 5.88. The number of aromatic nitrogens is 1. The Labute approximate surface area is 110 Å². The van der Waals surface area contributed by atoms with E-state index >= 15 is 0 Å². The van der Waals surface area contributed by atoms with E-state index in [-0.39, 0.29) is 11.3 Å². The second kappa shape index (κ2) is 4.35. The summed E-state index contributed by atoms with van der Waals surface area (Å²) in [6, 6.07) is 3.29. The molecule has 1 aromatic heterocycles. The van der Waals surface area contributed by atoms with Crippen LogP contribution in [0.2, 0.25) is 10.0 Å². The maximum absolute atomic E-state index is 12.4. The van der Waals surface area contributed by atoms with Crippen molar-refractivity contribution < 1.29 is 0 Å². The highest BCUT2D eigenvalue weighted by molar-refractivity contribution is 6.38. The van der Waals surface area contributed by atoms with E-state index in [9.17, 15) is 4.79 Å². The van der Waals surface area contributed by atoms with Crippen molar-refractivity contribution in [1.82, 2.24) is 4.98 Å². The molecule has 1 heterocycles. The Hall–Kier alpha value is -0.990. The van der Waals surface area contributed by atoms with E-state index in [1.807, 2.05) is 20.8 Å². The molecule has 0 atom stereocenters. The molecule has 2 nitrogen and oxygen atoms in total. The first-order chi connectivity index (χ1) is 7.91. The lowest BCUT2D eigenvalue weighted by Gasteiger charge is -2.11. The van der Waals surface area contributed by atoms with Gasteiger partial charge in [-0.15, -0.1) is 0 Å². The number of rotatable bonds is 1. The number of fused-ring (bicyclic) bond motifs is 1. The van der Waals surface area contributed by atoms with Crippen molar-refractivity contribution in [2.75, 3.05) is 0 Å². The molecule has 4 heteroatoms. The standard InChI is InChI=1S/C13H13Cl2NO/c1-6(2)11-7(3)16-12-9(13(11)17)4-8(14)5-10(12)15/h4-6H,1-3H3,(H,16,17). The summed E-state index contributed by atoms with van der Waals surface area (Å²) in [4.78, 5) is 15.5. The molecule has 0 saturated carbocycles. The van der Waals surface area contributed by atoms with Crippen LogP contribution in [0.3, 0.4) is 0 Å². The first kappa shape index (κ1) is 12.5. The van der Waals surface area contributed by atoms with Crippen LogP contribution in [0, 0.1) is 6.92 Å². The average molecular weight is 270 g/mol. The van der Waals surface area contributed by atoms with Crippen molar-refractivity contribution in [3.05, 3.63) is 43.7 Å². The number of aryl methyl sites for hydroxylation is 1. The molecule has 90 valence electrons. The quantitative estimate of drug-likeness (QED) is 0.824. The molecule has 0 spiro atoms. The minimum absolute atomic E-state index is 0.00986. The lowest BCUT2D eigenvalue weighted by Crippen LogP contribution is -2.14. The Morgan fingerprint density at radius 1 is 1.24 bits per heavy atom. The molecular formula is C13H13Cl2NO. The lowest BCUT2D eigenvalue weighted by molar-refractivity contribution is 0.839. The van der Waals surface area contributed by atoms with Crippen LogP contribution in [0.15, 0.2) is 16.9 Å². The fraction of sp³-hybridized carbons (Fsp3) is 0.308. The van der Waals surface area contributed by atoms with Crippen molar-refractivity contribution in [1.29, 1.82) is 0 Å². The Morgan fingerprint density at radius 2 is 1.88 bits per heavy atom. The van der Waals surface area contributed by atoms with Crippen LogP contribution in [0.1, 0.15) is 31.0 Å². The molecule has 0 radical (unpaired) electrons. The third-order valence-corrected chi connectivity index (χ3v) is 3.35. The first-order valence-corrected chi connectivity index (χ1v) is 6.19. The fourth-order valence-corrected chi connectivity index (χ4v) is 2.69. The Bertz CT molecular complexity index is 644. The highest BCUT2D eigenvalue weighted by atomic mass is 35.5. The summed E-state index contributed by atoms with van der Waals surface area (Å²) in [5.74, 6) is 0.168. The number of H-pyrrole nitrogens is 1. The number of aromatic amines is 1. The number of halogens is 2. The smallest absolute Gasteiger partial charge is 0.193 e. The van der Waals surface area contributed by atoms with Crippen molar-refractivity contribution in [3.8, 4) is 0 Å². The summed E-state index contributed by atoms with van der Waals surface area (Å²) in [6.07, 6.45) is 0. The average Bonchev–Trinajstić information content (AvgIpc) is 2.19. The maximum atomic E-state index is 12.4. The minimum Gasteiger partial charge on any atom is -0.357 e. The summed E-state index contributed by atoms with van der Waals surface area (Å²) in [5, 5.41) is 1.51. The van der Waals surface area contributed by atoms with E-state index in [1.54, 1.807) is 12.1 Å². The normalized spacial score (nSPS) is 11.4. The topological polar surface area (TPSA) is 32.9 Å². The van der Waals surface area contributed by atoms with Crippen LogP contribution in [-0.2, 0) is 0 Å². The Kier molecular flexibility index (Phi) is 3.19. The van der Waals surface area contributed by atoms with E-state index < -0.39 is 0 Å². The second-order valence-corrected chi connectivity index (χ2v) is 5.30. The second-order valence-electron chi connectivity index (χ2n) is 4.46. The van der Waals surface area contributed by atoms with Crippen LogP contribution in [0.4, 0.5) is 0 Å². The highest BCUT2D eigenvalue weighted by Crippen LogP contribution is 2.26. The molecular weight excluding hydrogens is 257 g/mol. The molecule has 1 N–H and O–H groups in total. The largest absolute Gasteiger partial charge is 0.357 e. The van der Waals surface area contributed by atoms with Gasteiger partial charge in [0, 0.05) is 21.7 Å². The Morgan fingerprint density at radius 3 is 2.47 bits per heavy atom. The number of hydrogen-bond donors (Lipinski definition) is 1. The number of nitrogens with one attached hydrogen (secondary N) is 1. The fourth-order valence-electron chi connectivity index (χ4n) is 2.15. The van der Waals surface area contributed by atoms with Gasteiger partial charge in [-0.05, 0) is 25.0 Å². The zero-order valence-corrected chi connectivity index (χ0v) is 11.4. The highest BCUT2D eigenvalue weighted by Gasteiger charge is 2.14. The van der Waals surface area contributed by atoms with Gasteiger partial charge >= 0.3 is 0 Å². The first-order valence-electron chi connectivity index (χ1n) is 5.43. The van der Waals surface area contributed by atoms with Gasteiger partial charge in [0.25, 0.3) is 0 Å². The van der Waals surface area contributed by atoms with Gasteiger partial charge in [0.1, 0.15) is 0 Å². The maximum Gasteiger partial charge on any atom is 0.193 e. The van der Waals surface area contributed by atoms with E-state index in [1.165, 1.54) is 0 Å². The van der Waals surface area contributed by atoms with Crippen LogP contribution in [0.25, 0.3) is 10.9 Å². The number of pyridine rings is 1. The molecule has 0 unspecified atom stereocenters. The molecule has 17 heavy (non-hydrogen) atoms. The third-order valence-electron chi connectivity index (χ3n) is 2.84. The van der Waals surface area contributed by atoms with Gasteiger partial charge in [0.2, 0.25) is 0 Å². The molecule has 0 aliphatic rings. The van der Waals surface area contributed by atoms with Crippen LogP contribution < -0.4 is 5.43 Å². The van der Waals surface area contributed by atoms with E-state index in [4.69, 9.17) is 23.2 Å². The van der Waals surface area contributed by atoms with Crippen molar-refractivity contribution >= 4 is 34.1 Å². The van der Waals surface area contributed by atoms with E-state index in [0.29, 0.717) is 20.9 Å². The molecule has 1 aromatic carbocycles. The van der Waals surface area contributed by atoms with Crippen molar-refractivity contribution in [3.63, 3.8) is 0 Å². The van der Waals surface area contributed by atoms with Crippen molar-refractivity contribution in [2.24, 2.45) is 0 Å². The summed E-state index contributed by atoms with van der Waals surface area (Å²) in [7, 11) is 0. The lowest BCUT2D eigenvalue weighted by atomic mass is 9.99. The van der Waals surface area contributed by atoms with E-state index in [0.717, 1.165) is 11.3 Å². The predicted octanol–water partition coefficient (Wildman–Crippen LogP) is 4.27. The van der Waals surface area contributed by atoms with Gasteiger partial charge in [0.05, 0.1) is 10.5 Å². The number of benzene rings is 1. The minimum atomic E-state index is 0.00986. The van der Waals surface area contributed by atoms with Gasteiger partial charge in [-0.25, -0.2) is 0 Å². The van der Waals surface area contributed by atoms with Crippen LogP contribution >= 0.6 is 23.2 Å². The summed E-state index contributed by atoms with van der Waals surface area (Å²) in [5.41, 5.74) is 2.32. The molecule has 0 fully saturated rings. The Balaban J connectivity index is 2.97. The third kappa shape index (κ3) is 2.07. The summed E-state index contributed by atoms with van der Waals surface area (Å²) < 4.78 is 0. The molecule has 0 aliphatic heterocycles. The van der Waals surface area contributed by atoms with Crippen LogP contribution in [-0.4, -0.2) is 4.98 Å². The van der Waals surface area contributed by atoms with Crippen molar-refractivity contribution in [2.45, 2.75) is 26.7 Å². The number of hydrogen-bond acceptors (Lipinski definition) is 1. The molecule has 0 bridgehead atoms. The van der Waals surface area contributed by atoms with Gasteiger partial charge < -0.3 is 4.98 Å². The van der Waals surface area contributed by atoms with Gasteiger partial charge in [-0.2, -0.15) is 0 Å². The summed E-state index contributed by atoms with van der Waals surface area (Å²) >= 11 is 12.0. The SMILES string of the molecule is Cc1[nH]c2c(Cl)cc(Cl)cc2c(=O)c1C(C)C. The van der Waals surface area contributed by atoms with Gasteiger partial charge in [-0.1, -0.05) is 37.0 Å². The van der Waals surface area contributed by atoms with Gasteiger partial charge in [-0.3, -0.25) is 4.79 Å². The zero-order chi connectivity index (χ0) is 12.7. The van der Waals surface area contributed by atoms with Gasteiger partial charge in [0.15, 0.2) is 5.43 Å². The zero-order valence-electron chi connectivity index (χ0n) is 9.90. The molecule has 0 amide bonds. The molecule has 0 saturated heterocycles.